The van der Waals surface area contributed by atoms with Gasteiger partial charge in [0.2, 0.25) is 0 Å². The molecule has 2 atom stereocenters. The number of carbonyl (C=O) groups is 3. The first-order valence-corrected chi connectivity index (χ1v) is 24.7. The van der Waals surface area contributed by atoms with Gasteiger partial charge in [-0.05, 0) is 89.9 Å². The number of carboxylic acids is 1. The van der Waals surface area contributed by atoms with Gasteiger partial charge >= 0.3 is 11.9 Å². The zero-order valence-corrected chi connectivity index (χ0v) is 41.3. The van der Waals surface area contributed by atoms with E-state index in [4.69, 9.17) is 18.9 Å². The molecule has 0 amide bonds. The van der Waals surface area contributed by atoms with Crippen molar-refractivity contribution in [2.45, 2.75) is 167 Å². The van der Waals surface area contributed by atoms with Gasteiger partial charge in [0.25, 0.3) is 0 Å². The first-order chi connectivity index (χ1) is 31.6. The van der Waals surface area contributed by atoms with Crippen LogP contribution in [0.15, 0.2) is 122 Å². The van der Waals surface area contributed by atoms with Crippen molar-refractivity contribution in [3.8, 4) is 0 Å². The third-order valence-electron chi connectivity index (χ3n) is 9.72. The number of likely N-dealkylation sites (N-methyl/N-ethyl adjacent to an activating group) is 1. The number of ether oxygens (including phenoxy) is 4. The number of allylic oxidation sites excluding steroid dienone is 20. The second-order valence-electron chi connectivity index (χ2n) is 17.0. The second-order valence-corrected chi connectivity index (χ2v) is 17.0. The van der Waals surface area contributed by atoms with Crippen LogP contribution in [0.25, 0.3) is 0 Å². The van der Waals surface area contributed by atoms with E-state index < -0.39 is 24.3 Å². The van der Waals surface area contributed by atoms with Crippen LogP contribution < -0.4 is 5.11 Å². The number of esters is 2. The van der Waals surface area contributed by atoms with Gasteiger partial charge in [-0.2, -0.15) is 0 Å². The Labute approximate surface area is 396 Å². The zero-order valence-electron chi connectivity index (χ0n) is 41.3. The van der Waals surface area contributed by atoms with Crippen molar-refractivity contribution in [3.63, 3.8) is 0 Å². The normalized spacial score (nSPS) is 13.9. The van der Waals surface area contributed by atoms with Crippen molar-refractivity contribution >= 4 is 17.9 Å². The standard InChI is InChI=1S/C56H89NO8/c1-6-8-10-12-13-14-15-16-17-18-19-20-21-22-23-24-25-26-27-28-29-30-31-32-33-34-35-36-37-38-39-40-41-43-45-47-54(59)65-52(50-63-53(58)46-44-42-11-9-7-2)51-64-56(55(60)61)62-49-48-57(3,4)5/h8,10,13-14,16-17,19-20,22-23,25-26,28-29,31-32,34-35,37-38,52,56H,6-7,9,11-12,15,18,21,24,27,30,33,36,39-51H2,1-5H3/b10-8-,14-13-,17-16-,20-19-,23-22-,26-25-,29-28-,32-31-,35-34-,38-37-. The number of carbonyl (C=O) groups excluding carboxylic acids is 3. The maximum atomic E-state index is 12.7. The second kappa shape index (κ2) is 46.2. The van der Waals surface area contributed by atoms with Crippen LogP contribution >= 0.6 is 0 Å². The van der Waals surface area contributed by atoms with Crippen LogP contribution in [-0.2, 0) is 33.3 Å². The number of rotatable bonds is 43. The predicted octanol–water partition coefficient (Wildman–Crippen LogP) is 12.4. The van der Waals surface area contributed by atoms with Gasteiger partial charge < -0.3 is 33.3 Å². The minimum absolute atomic E-state index is 0.136. The van der Waals surface area contributed by atoms with E-state index in [1.54, 1.807) is 0 Å². The highest BCUT2D eigenvalue weighted by Crippen LogP contribution is 2.11. The first-order valence-electron chi connectivity index (χ1n) is 24.7. The Morgan fingerprint density at radius 1 is 0.477 bits per heavy atom. The van der Waals surface area contributed by atoms with E-state index in [-0.39, 0.29) is 38.6 Å². The Bertz CT molecular complexity index is 1470. The van der Waals surface area contributed by atoms with Crippen molar-refractivity contribution < 1.29 is 42.9 Å². The monoisotopic (exact) mass is 904 g/mol. The molecule has 366 valence electrons. The number of hydrogen-bond acceptors (Lipinski definition) is 8. The van der Waals surface area contributed by atoms with Crippen LogP contribution in [0.4, 0.5) is 0 Å². The molecule has 0 bridgehead atoms. The molecule has 0 N–H and O–H groups in total. The van der Waals surface area contributed by atoms with E-state index in [2.05, 4.69) is 135 Å². The molecule has 65 heavy (non-hydrogen) atoms. The van der Waals surface area contributed by atoms with Crippen LogP contribution in [0.5, 0.6) is 0 Å². The Hall–Kier alpha value is -4.31. The predicted molar refractivity (Wildman–Crippen MR) is 269 cm³/mol. The van der Waals surface area contributed by atoms with E-state index in [0.717, 1.165) is 122 Å². The molecule has 0 aromatic carbocycles. The number of aliphatic carboxylic acids is 1. The molecular weight excluding hydrogens is 815 g/mol. The highest BCUT2D eigenvalue weighted by atomic mass is 16.7. The molecule has 0 spiro atoms. The summed E-state index contributed by atoms with van der Waals surface area (Å²) in [6.07, 6.45) is 61.6. The van der Waals surface area contributed by atoms with Crippen molar-refractivity contribution in [1.29, 1.82) is 0 Å². The van der Waals surface area contributed by atoms with Crippen LogP contribution in [0.3, 0.4) is 0 Å². The molecule has 0 aliphatic carbocycles. The lowest BCUT2D eigenvalue weighted by Gasteiger charge is -2.26. The summed E-state index contributed by atoms with van der Waals surface area (Å²) < 4.78 is 22.3. The summed E-state index contributed by atoms with van der Waals surface area (Å²) >= 11 is 0. The summed E-state index contributed by atoms with van der Waals surface area (Å²) in [5, 5.41) is 11.6. The van der Waals surface area contributed by atoms with Crippen molar-refractivity contribution in [2.75, 3.05) is 47.5 Å². The minimum atomic E-state index is -1.63. The van der Waals surface area contributed by atoms with Gasteiger partial charge in [0.15, 0.2) is 12.4 Å². The van der Waals surface area contributed by atoms with Gasteiger partial charge in [-0.15, -0.1) is 0 Å². The van der Waals surface area contributed by atoms with E-state index in [1.165, 1.54) is 0 Å². The van der Waals surface area contributed by atoms with Crippen LogP contribution in [0.2, 0.25) is 0 Å². The molecule has 9 heteroatoms. The third kappa shape index (κ3) is 47.5. The SMILES string of the molecule is CC/C=C\C/C=C\C/C=C\C/C=C\C/C=C\C/C=C\C/C=C\C/C=C\C/C=C\C/C=C\CCCCCCC(=O)OC(COC(=O)CCCCCCC)COC(OCC[N+](C)(C)C)C(=O)[O-]. The van der Waals surface area contributed by atoms with Gasteiger partial charge in [-0.1, -0.05) is 174 Å². The van der Waals surface area contributed by atoms with E-state index in [9.17, 15) is 19.5 Å². The fourth-order valence-electron chi connectivity index (χ4n) is 5.91. The van der Waals surface area contributed by atoms with Crippen LogP contribution in [0, 0.1) is 0 Å². The number of unbranched alkanes of at least 4 members (excludes halogenated alkanes) is 8. The van der Waals surface area contributed by atoms with Gasteiger partial charge in [-0.25, -0.2) is 0 Å². The molecule has 0 rings (SSSR count). The van der Waals surface area contributed by atoms with Crippen molar-refractivity contribution in [3.05, 3.63) is 122 Å². The Balaban J connectivity index is 4.18. The van der Waals surface area contributed by atoms with Crippen molar-refractivity contribution in [1.82, 2.24) is 0 Å². The average molecular weight is 904 g/mol. The highest BCUT2D eigenvalue weighted by Gasteiger charge is 2.21. The zero-order chi connectivity index (χ0) is 47.7. The number of carboxylic acid groups (broad SMARTS) is 1. The number of quaternary nitrogens is 1. The Morgan fingerprint density at radius 3 is 1.29 bits per heavy atom. The largest absolute Gasteiger partial charge is 0.545 e. The lowest BCUT2D eigenvalue weighted by molar-refractivity contribution is -0.870. The average Bonchev–Trinajstić information content (AvgIpc) is 3.27. The van der Waals surface area contributed by atoms with Gasteiger partial charge in [0.1, 0.15) is 13.2 Å². The van der Waals surface area contributed by atoms with Gasteiger partial charge in [-0.3, -0.25) is 9.59 Å². The molecular formula is C56H89NO8. The summed E-state index contributed by atoms with van der Waals surface area (Å²) in [7, 11) is 5.87. The summed E-state index contributed by atoms with van der Waals surface area (Å²) in [5.41, 5.74) is 0. The molecule has 0 aliphatic rings. The third-order valence-corrected chi connectivity index (χ3v) is 9.72. The number of hydrogen-bond donors (Lipinski definition) is 0. The van der Waals surface area contributed by atoms with Gasteiger partial charge in [0, 0.05) is 12.8 Å². The summed E-state index contributed by atoms with van der Waals surface area (Å²) in [6.45, 7) is 4.46. The topological polar surface area (TPSA) is 111 Å². The maximum absolute atomic E-state index is 12.7. The van der Waals surface area contributed by atoms with E-state index in [0.29, 0.717) is 17.4 Å². The lowest BCUT2D eigenvalue weighted by Crippen LogP contribution is -2.44. The quantitative estimate of drug-likeness (QED) is 0.0196. The lowest BCUT2D eigenvalue weighted by atomic mass is 10.1. The van der Waals surface area contributed by atoms with Crippen LogP contribution in [-0.4, -0.2) is 82.3 Å². The molecule has 0 saturated carbocycles. The molecule has 0 aromatic rings. The summed E-state index contributed by atoms with van der Waals surface area (Å²) in [4.78, 5) is 36.7. The fourth-order valence-corrected chi connectivity index (χ4v) is 5.91. The molecule has 0 saturated heterocycles. The summed E-state index contributed by atoms with van der Waals surface area (Å²) in [5.74, 6) is -2.35. The van der Waals surface area contributed by atoms with Crippen LogP contribution in [0.1, 0.15) is 155 Å². The fraction of sp³-hybridized carbons (Fsp3) is 0.589. The highest BCUT2D eigenvalue weighted by molar-refractivity contribution is 5.70. The Morgan fingerprint density at radius 2 is 0.877 bits per heavy atom. The molecule has 0 heterocycles. The maximum Gasteiger partial charge on any atom is 0.306 e. The summed E-state index contributed by atoms with van der Waals surface area (Å²) in [6, 6.07) is 0. The molecule has 0 aromatic heterocycles. The molecule has 9 nitrogen and oxygen atoms in total. The van der Waals surface area contributed by atoms with E-state index >= 15 is 0 Å². The first kappa shape index (κ1) is 60.7. The smallest absolute Gasteiger partial charge is 0.306 e. The minimum Gasteiger partial charge on any atom is -0.545 e. The van der Waals surface area contributed by atoms with Crippen molar-refractivity contribution in [2.24, 2.45) is 0 Å². The molecule has 0 fully saturated rings. The Kier molecular flexibility index (Phi) is 43.2. The van der Waals surface area contributed by atoms with E-state index in [1.807, 2.05) is 21.1 Å². The molecule has 0 aliphatic heterocycles. The molecule has 2 unspecified atom stereocenters. The van der Waals surface area contributed by atoms with Gasteiger partial charge in [0.05, 0.1) is 40.3 Å². The number of nitrogens with zero attached hydrogens (tertiary/aromatic N) is 1. The molecule has 0 radical (unpaired) electrons.